The molecule has 2 aliphatic rings. The number of allylic oxidation sites excluding steroid dienone is 2. The molecule has 3 aromatic rings. The number of ketones is 1. The smallest absolute Gasteiger partial charge is 0.227 e. The number of hydrogen-bond donors (Lipinski definition) is 1. The predicted molar refractivity (Wildman–Crippen MR) is 135 cm³/mol. The van der Waals surface area contributed by atoms with Gasteiger partial charge in [0, 0.05) is 29.0 Å². The second-order valence-corrected chi connectivity index (χ2v) is 10.9. The van der Waals surface area contributed by atoms with Gasteiger partial charge in [-0.05, 0) is 42.9 Å². The van der Waals surface area contributed by atoms with Gasteiger partial charge in [0.05, 0.1) is 7.11 Å². The largest absolute Gasteiger partial charge is 0.496 e. The lowest BCUT2D eigenvalue weighted by atomic mass is 9.73. The van der Waals surface area contributed by atoms with Gasteiger partial charge in [0.1, 0.15) is 11.8 Å². The van der Waals surface area contributed by atoms with E-state index in [0.717, 1.165) is 34.8 Å². The summed E-state index contributed by atoms with van der Waals surface area (Å²) in [6, 6.07) is 14.0. The highest BCUT2D eigenvalue weighted by Gasteiger charge is 2.42. The van der Waals surface area contributed by atoms with Crippen LogP contribution in [0.15, 0.2) is 58.9 Å². The van der Waals surface area contributed by atoms with E-state index < -0.39 is 0 Å². The van der Waals surface area contributed by atoms with Crippen molar-refractivity contribution in [3.8, 4) is 5.75 Å². The van der Waals surface area contributed by atoms with E-state index in [9.17, 15) is 4.79 Å². The number of thioether (sulfide) groups is 1. The molecule has 0 spiro atoms. The minimum absolute atomic E-state index is 0.100. The Bertz CT molecular complexity index is 1310. The fourth-order valence-electron chi connectivity index (χ4n) is 4.93. The minimum atomic E-state index is -0.367. The van der Waals surface area contributed by atoms with Crippen LogP contribution in [0, 0.1) is 19.3 Å². The number of carbonyl (C=O) groups is 1. The Morgan fingerprint density at radius 1 is 1.18 bits per heavy atom. The zero-order valence-electron chi connectivity index (χ0n) is 20.3. The van der Waals surface area contributed by atoms with Gasteiger partial charge in [-0.3, -0.25) is 4.79 Å². The average Bonchev–Trinajstić information content (AvgIpc) is 3.20. The molecular formula is C27H30N4O2S. The van der Waals surface area contributed by atoms with Gasteiger partial charge in [-0.15, -0.1) is 5.10 Å². The van der Waals surface area contributed by atoms with Gasteiger partial charge in [0.15, 0.2) is 5.78 Å². The van der Waals surface area contributed by atoms with Crippen molar-refractivity contribution >= 4 is 23.5 Å². The van der Waals surface area contributed by atoms with Gasteiger partial charge in [-0.25, -0.2) is 4.68 Å². The molecule has 0 unspecified atom stereocenters. The van der Waals surface area contributed by atoms with E-state index in [1.54, 1.807) is 18.9 Å². The number of nitrogens with one attached hydrogen (secondary N) is 1. The maximum Gasteiger partial charge on any atom is 0.227 e. The molecule has 0 bridgehead atoms. The molecule has 5 rings (SSSR count). The van der Waals surface area contributed by atoms with Gasteiger partial charge < -0.3 is 10.1 Å². The topological polar surface area (TPSA) is 69.0 Å². The highest BCUT2D eigenvalue weighted by Crippen LogP contribution is 2.47. The molecule has 0 radical (unpaired) electrons. The van der Waals surface area contributed by atoms with Gasteiger partial charge >= 0.3 is 0 Å². The SMILES string of the molecule is COc1ccccc1[C@@H]1C2=C(CC(C)(C)CC2=O)Nc2nc(SCc3cc(C)ccc3C)nn21. The zero-order valence-corrected chi connectivity index (χ0v) is 21.1. The number of nitrogens with zero attached hydrogens (tertiary/aromatic N) is 3. The normalized spacial score (nSPS) is 18.9. The van der Waals surface area contributed by atoms with Crippen LogP contribution in [0.1, 0.15) is 55.0 Å². The molecule has 1 aliphatic carbocycles. The third kappa shape index (κ3) is 4.13. The Kier molecular flexibility index (Phi) is 5.76. The fraction of sp³-hybridized carbons (Fsp3) is 0.370. The van der Waals surface area contributed by atoms with Crippen molar-refractivity contribution in [3.05, 3.63) is 76.0 Å². The highest BCUT2D eigenvalue weighted by atomic mass is 32.2. The zero-order chi connectivity index (χ0) is 24.0. The maximum absolute atomic E-state index is 13.4. The first-order chi connectivity index (χ1) is 16.3. The summed E-state index contributed by atoms with van der Waals surface area (Å²) < 4.78 is 7.54. The van der Waals surface area contributed by atoms with Crippen LogP contribution in [0.5, 0.6) is 5.75 Å². The van der Waals surface area contributed by atoms with E-state index in [1.807, 2.05) is 28.9 Å². The van der Waals surface area contributed by atoms with Crippen LogP contribution >= 0.6 is 11.8 Å². The van der Waals surface area contributed by atoms with Crippen LogP contribution in [0.25, 0.3) is 0 Å². The number of fused-ring (bicyclic) bond motifs is 1. The third-order valence-electron chi connectivity index (χ3n) is 6.61. The molecule has 6 nitrogen and oxygen atoms in total. The molecule has 0 saturated carbocycles. The molecule has 0 amide bonds. The Hall–Kier alpha value is -3.06. The molecule has 176 valence electrons. The monoisotopic (exact) mass is 474 g/mol. The van der Waals surface area contributed by atoms with Crippen molar-refractivity contribution in [2.75, 3.05) is 12.4 Å². The lowest BCUT2D eigenvalue weighted by molar-refractivity contribution is -0.118. The van der Waals surface area contributed by atoms with E-state index in [0.29, 0.717) is 17.5 Å². The number of benzene rings is 2. The number of aryl methyl sites for hydroxylation is 2. The quantitative estimate of drug-likeness (QED) is 0.468. The maximum atomic E-state index is 13.4. The summed E-state index contributed by atoms with van der Waals surface area (Å²) in [7, 11) is 1.66. The summed E-state index contributed by atoms with van der Waals surface area (Å²) in [6.07, 6.45) is 1.30. The molecule has 7 heteroatoms. The van der Waals surface area contributed by atoms with Crippen LogP contribution in [-0.4, -0.2) is 27.7 Å². The van der Waals surface area contributed by atoms with Crippen molar-refractivity contribution < 1.29 is 9.53 Å². The summed E-state index contributed by atoms with van der Waals surface area (Å²) in [6.45, 7) is 8.52. The average molecular weight is 475 g/mol. The second kappa shape index (κ2) is 8.62. The Balaban J connectivity index is 1.56. The number of ether oxygens (including phenoxy) is 1. The van der Waals surface area contributed by atoms with Crippen LogP contribution in [-0.2, 0) is 10.5 Å². The van der Waals surface area contributed by atoms with E-state index in [1.165, 1.54) is 16.7 Å². The number of carbonyl (C=O) groups excluding carboxylic acids is 1. The van der Waals surface area contributed by atoms with Crippen LogP contribution in [0.3, 0.4) is 0 Å². The standard InChI is InChI=1S/C27H30N4O2S/c1-16-10-11-17(2)18(12-16)15-34-26-29-25-28-20-13-27(3,4)14-21(32)23(20)24(31(25)30-26)19-8-6-7-9-22(19)33-5/h6-12,24H,13-15H2,1-5H3,(H,28,29,30)/t24-/m1/s1. The molecule has 0 fully saturated rings. The van der Waals surface area contributed by atoms with E-state index in [-0.39, 0.29) is 17.2 Å². The van der Waals surface area contributed by atoms with Crippen molar-refractivity contribution in [1.82, 2.24) is 14.8 Å². The molecule has 0 saturated heterocycles. The molecule has 1 atom stereocenters. The van der Waals surface area contributed by atoms with Crippen molar-refractivity contribution in [2.45, 2.75) is 57.5 Å². The van der Waals surface area contributed by atoms with Gasteiger partial charge in [0.25, 0.3) is 0 Å². The van der Waals surface area contributed by atoms with E-state index >= 15 is 0 Å². The lowest BCUT2D eigenvalue weighted by Gasteiger charge is -2.38. The van der Waals surface area contributed by atoms with E-state index in [2.05, 4.69) is 51.2 Å². The molecule has 34 heavy (non-hydrogen) atoms. The van der Waals surface area contributed by atoms with Crippen LogP contribution in [0.4, 0.5) is 5.95 Å². The highest BCUT2D eigenvalue weighted by molar-refractivity contribution is 7.98. The first-order valence-electron chi connectivity index (χ1n) is 11.6. The van der Waals surface area contributed by atoms with Crippen molar-refractivity contribution in [3.63, 3.8) is 0 Å². The third-order valence-corrected chi connectivity index (χ3v) is 7.49. The molecular weight excluding hydrogens is 444 g/mol. The van der Waals surface area contributed by atoms with Gasteiger partial charge in [-0.1, -0.05) is 67.6 Å². The number of anilines is 1. The summed E-state index contributed by atoms with van der Waals surface area (Å²) in [5, 5.41) is 9.02. The second-order valence-electron chi connectivity index (χ2n) is 9.98. The summed E-state index contributed by atoms with van der Waals surface area (Å²) in [4.78, 5) is 18.2. The lowest BCUT2D eigenvalue weighted by Crippen LogP contribution is -2.36. The molecule has 1 aromatic heterocycles. The van der Waals surface area contributed by atoms with Crippen LogP contribution in [0.2, 0.25) is 0 Å². The van der Waals surface area contributed by atoms with E-state index in [4.69, 9.17) is 14.8 Å². The molecule has 1 N–H and O–H groups in total. The number of hydrogen-bond acceptors (Lipinski definition) is 6. The first-order valence-corrected chi connectivity index (χ1v) is 12.6. The Labute approximate surface area is 204 Å². The number of rotatable bonds is 5. The van der Waals surface area contributed by atoms with Gasteiger partial charge in [-0.2, -0.15) is 4.98 Å². The summed E-state index contributed by atoms with van der Waals surface area (Å²) in [5.41, 5.74) is 6.32. The Morgan fingerprint density at radius 3 is 2.76 bits per heavy atom. The minimum Gasteiger partial charge on any atom is -0.496 e. The van der Waals surface area contributed by atoms with Crippen molar-refractivity contribution in [1.29, 1.82) is 0 Å². The Morgan fingerprint density at radius 2 is 1.97 bits per heavy atom. The molecule has 1 aliphatic heterocycles. The number of methoxy groups -OCH3 is 1. The molecule has 2 aromatic carbocycles. The number of aromatic nitrogens is 3. The summed E-state index contributed by atoms with van der Waals surface area (Å²) in [5.74, 6) is 2.35. The first kappa shape index (κ1) is 22.7. The summed E-state index contributed by atoms with van der Waals surface area (Å²) >= 11 is 1.61. The number of para-hydroxylation sites is 1. The fourth-order valence-corrected chi connectivity index (χ4v) is 5.82. The van der Waals surface area contributed by atoms with Crippen LogP contribution < -0.4 is 10.1 Å². The van der Waals surface area contributed by atoms with Gasteiger partial charge in [0.2, 0.25) is 11.1 Å². The predicted octanol–water partition coefficient (Wildman–Crippen LogP) is 5.85. The number of Topliss-reactive ketones (excluding diaryl/α,β-unsaturated/α-hetero) is 1. The molecule has 2 heterocycles. The van der Waals surface area contributed by atoms with Crippen molar-refractivity contribution in [2.24, 2.45) is 5.41 Å².